The van der Waals surface area contributed by atoms with Crippen molar-refractivity contribution >= 4 is 33.9 Å². The summed E-state index contributed by atoms with van der Waals surface area (Å²) in [6.45, 7) is 9.79. The Kier molecular flexibility index (Phi) is 12.0. The van der Waals surface area contributed by atoms with Gasteiger partial charge in [0, 0.05) is 38.3 Å². The van der Waals surface area contributed by atoms with Crippen LogP contribution in [0.4, 0.5) is 5.69 Å². The van der Waals surface area contributed by atoms with E-state index in [0.29, 0.717) is 72.9 Å². The van der Waals surface area contributed by atoms with Gasteiger partial charge in [0.15, 0.2) is 12.0 Å². The number of sulfonamides is 1. The van der Waals surface area contributed by atoms with Gasteiger partial charge in [-0.25, -0.2) is 18.0 Å². The van der Waals surface area contributed by atoms with Crippen molar-refractivity contribution in [3.05, 3.63) is 76.6 Å². The van der Waals surface area contributed by atoms with E-state index >= 15 is 0 Å². The van der Waals surface area contributed by atoms with E-state index in [1.165, 1.54) is 21.1 Å². The number of anilines is 1. The highest BCUT2D eigenvalue weighted by molar-refractivity contribution is 7.89. The average molecular weight is 655 g/mol. The van der Waals surface area contributed by atoms with Crippen LogP contribution in [0.25, 0.3) is 0 Å². The van der Waals surface area contributed by atoms with Crippen molar-refractivity contribution in [3.8, 4) is 5.75 Å². The van der Waals surface area contributed by atoms with Crippen molar-refractivity contribution in [2.24, 2.45) is 0 Å². The van der Waals surface area contributed by atoms with Crippen LogP contribution in [0.15, 0.2) is 53.4 Å². The van der Waals surface area contributed by atoms with Gasteiger partial charge in [-0.2, -0.15) is 4.31 Å². The Balaban J connectivity index is 1.53. The third-order valence-electron chi connectivity index (χ3n) is 7.74. The van der Waals surface area contributed by atoms with Gasteiger partial charge < -0.3 is 14.2 Å². The van der Waals surface area contributed by atoms with Crippen LogP contribution < -0.4 is 10.2 Å². The van der Waals surface area contributed by atoms with Gasteiger partial charge >= 0.3 is 11.9 Å². The number of rotatable bonds is 15. The van der Waals surface area contributed by atoms with Crippen LogP contribution >= 0.6 is 0 Å². The lowest BCUT2D eigenvalue weighted by molar-refractivity contribution is 0.0443. The normalized spacial score (nSPS) is 14.1. The molecule has 1 aromatic heterocycles. The number of hydrogen-bond donors (Lipinski definition) is 1. The van der Waals surface area contributed by atoms with Gasteiger partial charge in [0.25, 0.3) is 0 Å². The fraction of sp³-hybridized carbons (Fsp3) is 0.424. The second-order valence-electron chi connectivity index (χ2n) is 10.7. The highest BCUT2D eigenvalue weighted by Crippen LogP contribution is 2.32. The third-order valence-corrected chi connectivity index (χ3v) is 9.63. The average Bonchev–Trinajstić information content (AvgIpc) is 3.32. The van der Waals surface area contributed by atoms with Crippen LogP contribution in [-0.4, -0.2) is 93.1 Å². The second-order valence-corrected chi connectivity index (χ2v) is 12.6. The molecule has 4 rings (SSSR count). The number of ether oxygens (including phenoxy) is 3. The topological polar surface area (TPSA) is 136 Å². The smallest absolute Gasteiger partial charge is 0.357 e. The van der Waals surface area contributed by atoms with Crippen LogP contribution in [0, 0.1) is 6.92 Å². The Labute approximate surface area is 270 Å². The molecule has 13 heteroatoms. The van der Waals surface area contributed by atoms with E-state index in [4.69, 9.17) is 14.2 Å². The molecule has 3 aromatic rings. The zero-order chi connectivity index (χ0) is 33.3. The van der Waals surface area contributed by atoms with E-state index < -0.39 is 22.0 Å². The number of esters is 2. The lowest BCUT2D eigenvalue weighted by atomic mass is 10.1. The molecule has 2 heterocycles. The first-order chi connectivity index (χ1) is 22.2. The Morgan fingerprint density at radius 2 is 1.65 bits per heavy atom. The first-order valence-corrected chi connectivity index (χ1v) is 16.9. The second kappa shape index (κ2) is 15.9. The van der Waals surface area contributed by atoms with Crippen molar-refractivity contribution < 1.29 is 37.0 Å². The van der Waals surface area contributed by atoms with Gasteiger partial charge in [-0.15, -0.1) is 0 Å². The summed E-state index contributed by atoms with van der Waals surface area (Å²) in [6, 6.07) is 13.3. The van der Waals surface area contributed by atoms with Crippen LogP contribution in [0.3, 0.4) is 0 Å². The largest absolute Gasteiger partial charge is 0.492 e. The summed E-state index contributed by atoms with van der Waals surface area (Å²) < 4.78 is 47.0. The molecule has 0 radical (unpaired) electrons. The Morgan fingerprint density at radius 1 is 0.935 bits per heavy atom. The number of benzene rings is 2. The van der Waals surface area contributed by atoms with Crippen LogP contribution in [0.5, 0.6) is 5.75 Å². The van der Waals surface area contributed by atoms with E-state index in [2.05, 4.69) is 10.3 Å². The van der Waals surface area contributed by atoms with Crippen molar-refractivity contribution in [2.75, 3.05) is 58.0 Å². The minimum Gasteiger partial charge on any atom is -0.492 e. The molecule has 1 aliphatic heterocycles. The summed E-state index contributed by atoms with van der Waals surface area (Å²) in [5, 5.41) is 0. The predicted octanol–water partition coefficient (Wildman–Crippen LogP) is 4.18. The number of nitrogens with zero attached hydrogens (tertiary/aromatic N) is 3. The SMILES string of the molecule is CCCc1c(C=O)c(C)c(C(=O)OCC)n1Nc1cc(S(=O)(=O)N2CCN(CCOC(=O)c3ccccc3)CC2)ccc1OCC. The van der Waals surface area contributed by atoms with Crippen LogP contribution in [-0.2, 0) is 25.9 Å². The monoisotopic (exact) mass is 654 g/mol. The summed E-state index contributed by atoms with van der Waals surface area (Å²) in [6.07, 6.45) is 1.90. The van der Waals surface area contributed by atoms with Gasteiger partial charge in [0.05, 0.1) is 35.1 Å². The standard InChI is InChI=1S/C33H42N4O8S/c1-5-11-29-27(23-38)24(4)31(33(40)44-7-3)37(29)34-28-22-26(14-15-30(28)43-6-2)46(41,42)36-18-16-35(17-19-36)20-21-45-32(39)25-12-9-8-10-13-25/h8-10,12-15,22-23,34H,5-7,11,16-21H2,1-4H3. The van der Waals surface area contributed by atoms with Gasteiger partial charge in [-0.3, -0.25) is 19.8 Å². The van der Waals surface area contributed by atoms with Crippen LogP contribution in [0.2, 0.25) is 0 Å². The van der Waals surface area contributed by atoms with Crippen molar-refractivity contribution in [1.82, 2.24) is 13.9 Å². The van der Waals surface area contributed by atoms with Gasteiger partial charge in [0.2, 0.25) is 10.0 Å². The zero-order valence-corrected chi connectivity index (χ0v) is 27.6. The first-order valence-electron chi connectivity index (χ1n) is 15.5. The van der Waals surface area contributed by atoms with Crippen molar-refractivity contribution in [1.29, 1.82) is 0 Å². The van der Waals surface area contributed by atoms with Gasteiger partial charge in [-0.05, 0) is 63.1 Å². The van der Waals surface area contributed by atoms with Crippen LogP contribution in [0.1, 0.15) is 69.7 Å². The maximum absolute atomic E-state index is 13.8. The highest BCUT2D eigenvalue weighted by atomic mass is 32.2. The lowest BCUT2D eigenvalue weighted by Crippen LogP contribution is -2.49. The van der Waals surface area contributed by atoms with E-state index in [0.717, 1.165) is 6.29 Å². The van der Waals surface area contributed by atoms with E-state index in [1.807, 2.05) is 19.9 Å². The number of aromatic nitrogens is 1. The van der Waals surface area contributed by atoms with E-state index in [1.54, 1.807) is 44.2 Å². The highest BCUT2D eigenvalue weighted by Gasteiger charge is 2.30. The maximum atomic E-state index is 13.8. The van der Waals surface area contributed by atoms with Crippen molar-refractivity contribution in [2.45, 2.75) is 45.4 Å². The molecule has 46 heavy (non-hydrogen) atoms. The molecule has 0 amide bonds. The quantitative estimate of drug-likeness (QED) is 0.188. The van der Waals surface area contributed by atoms with Gasteiger partial charge in [-0.1, -0.05) is 31.5 Å². The molecule has 0 saturated carbocycles. The number of aldehydes is 1. The summed E-state index contributed by atoms with van der Waals surface area (Å²) in [5.41, 5.74) is 5.58. The molecule has 0 unspecified atom stereocenters. The molecule has 1 saturated heterocycles. The first kappa shape index (κ1) is 34.7. The molecular formula is C33H42N4O8S. The summed E-state index contributed by atoms with van der Waals surface area (Å²) in [4.78, 5) is 39.5. The van der Waals surface area contributed by atoms with Gasteiger partial charge in [0.1, 0.15) is 12.4 Å². The molecule has 1 aliphatic rings. The molecule has 0 bridgehead atoms. The Morgan fingerprint density at radius 3 is 2.28 bits per heavy atom. The summed E-state index contributed by atoms with van der Waals surface area (Å²) >= 11 is 0. The minimum absolute atomic E-state index is 0.0536. The van der Waals surface area contributed by atoms with E-state index in [-0.39, 0.29) is 36.9 Å². The zero-order valence-electron chi connectivity index (χ0n) is 26.8. The fourth-order valence-electron chi connectivity index (χ4n) is 5.40. The van der Waals surface area contributed by atoms with Crippen molar-refractivity contribution in [3.63, 3.8) is 0 Å². The summed E-state index contributed by atoms with van der Waals surface area (Å²) in [5.74, 6) is -0.615. The maximum Gasteiger partial charge on any atom is 0.357 e. The van der Waals surface area contributed by atoms with E-state index in [9.17, 15) is 22.8 Å². The molecule has 248 valence electrons. The number of carbonyl (C=O) groups excluding carboxylic acids is 3. The third kappa shape index (κ3) is 7.77. The molecular weight excluding hydrogens is 612 g/mol. The Hall–Kier alpha value is -4.20. The predicted molar refractivity (Wildman–Crippen MR) is 173 cm³/mol. The number of nitrogens with one attached hydrogen (secondary N) is 1. The molecule has 12 nitrogen and oxygen atoms in total. The fourth-order valence-corrected chi connectivity index (χ4v) is 6.85. The molecule has 0 spiro atoms. The number of carbonyl (C=O) groups is 3. The number of piperazine rings is 1. The molecule has 1 N–H and O–H groups in total. The molecule has 1 fully saturated rings. The Bertz CT molecular complexity index is 1630. The minimum atomic E-state index is -3.90. The molecule has 0 aliphatic carbocycles. The summed E-state index contributed by atoms with van der Waals surface area (Å²) in [7, 11) is -3.90. The molecule has 0 atom stereocenters. The molecule has 2 aromatic carbocycles. The number of hydrogen-bond acceptors (Lipinski definition) is 10. The lowest BCUT2D eigenvalue weighted by Gasteiger charge is -2.33.